The molecule has 0 amide bonds. The van der Waals surface area contributed by atoms with Crippen LogP contribution in [0.1, 0.15) is 5.56 Å². The van der Waals surface area contributed by atoms with E-state index in [1.807, 2.05) is 0 Å². The Morgan fingerprint density at radius 2 is 1.93 bits per heavy atom. The molecule has 0 atom stereocenters. The Morgan fingerprint density at radius 1 is 1.36 bits per heavy atom. The molecule has 14 heavy (non-hydrogen) atoms. The summed E-state index contributed by atoms with van der Waals surface area (Å²) in [6, 6.07) is 1.44. The molecular formula is C7H7F2NO3S. The van der Waals surface area contributed by atoms with Crippen LogP contribution < -0.4 is 5.14 Å². The molecule has 0 fully saturated rings. The fourth-order valence-corrected chi connectivity index (χ4v) is 1.57. The fraction of sp³-hybridized carbons (Fsp3) is 0.143. The number of aliphatic hydroxyl groups is 1. The zero-order valence-electron chi connectivity index (χ0n) is 6.87. The summed E-state index contributed by atoms with van der Waals surface area (Å²) in [6.07, 6.45) is 0. The van der Waals surface area contributed by atoms with E-state index in [-0.39, 0.29) is 0 Å². The van der Waals surface area contributed by atoms with Gasteiger partial charge in [-0.2, -0.15) is 0 Å². The Labute approximate surface area is 79.0 Å². The van der Waals surface area contributed by atoms with Crippen LogP contribution in [-0.2, 0) is 16.6 Å². The first-order valence-corrected chi connectivity index (χ1v) is 5.03. The second kappa shape index (κ2) is 3.60. The average Bonchev–Trinajstić information content (AvgIpc) is 2.02. The van der Waals surface area contributed by atoms with Crippen molar-refractivity contribution in [2.24, 2.45) is 5.14 Å². The third-order valence-corrected chi connectivity index (χ3v) is 2.54. The summed E-state index contributed by atoms with van der Waals surface area (Å²) in [5.41, 5.74) is -0.712. The second-order valence-corrected chi connectivity index (χ2v) is 4.07. The predicted molar refractivity (Wildman–Crippen MR) is 43.7 cm³/mol. The number of rotatable bonds is 2. The van der Waals surface area contributed by atoms with Gasteiger partial charge in [0.25, 0.3) is 0 Å². The summed E-state index contributed by atoms with van der Waals surface area (Å²) in [5, 5.41) is 13.2. The number of aliphatic hydroxyl groups excluding tert-OH is 1. The van der Waals surface area contributed by atoms with E-state index in [9.17, 15) is 17.2 Å². The molecule has 1 aromatic carbocycles. The highest BCUT2D eigenvalue weighted by molar-refractivity contribution is 7.89. The van der Waals surface area contributed by atoms with E-state index in [0.717, 1.165) is 6.07 Å². The molecule has 0 heterocycles. The first-order chi connectivity index (χ1) is 6.38. The zero-order valence-corrected chi connectivity index (χ0v) is 7.68. The maximum absolute atomic E-state index is 13.2. The van der Waals surface area contributed by atoms with Crippen LogP contribution >= 0.6 is 0 Å². The first-order valence-electron chi connectivity index (χ1n) is 3.48. The van der Waals surface area contributed by atoms with Crippen LogP contribution in [0.2, 0.25) is 0 Å². The van der Waals surface area contributed by atoms with Crippen LogP contribution in [0.3, 0.4) is 0 Å². The topological polar surface area (TPSA) is 80.4 Å². The third-order valence-electron chi connectivity index (χ3n) is 1.62. The van der Waals surface area contributed by atoms with E-state index < -0.39 is 38.7 Å². The summed E-state index contributed by atoms with van der Waals surface area (Å²) < 4.78 is 47.5. The van der Waals surface area contributed by atoms with Crippen molar-refractivity contribution < 1.29 is 22.3 Å². The van der Waals surface area contributed by atoms with Crippen LogP contribution in [0, 0.1) is 11.6 Å². The van der Waals surface area contributed by atoms with E-state index >= 15 is 0 Å². The minimum Gasteiger partial charge on any atom is -0.391 e. The normalized spacial score (nSPS) is 11.7. The highest BCUT2D eigenvalue weighted by atomic mass is 32.2. The largest absolute Gasteiger partial charge is 0.391 e. The van der Waals surface area contributed by atoms with Crippen LogP contribution in [0.15, 0.2) is 17.0 Å². The highest BCUT2D eigenvalue weighted by Crippen LogP contribution is 2.19. The Bertz CT molecular complexity index is 458. The SMILES string of the molecule is NS(=O)(=O)c1ccc(F)c(CO)c1F. The van der Waals surface area contributed by atoms with Crippen molar-refractivity contribution in [3.63, 3.8) is 0 Å². The van der Waals surface area contributed by atoms with Gasteiger partial charge in [0.2, 0.25) is 10.0 Å². The molecule has 1 rings (SSSR count). The lowest BCUT2D eigenvalue weighted by Crippen LogP contribution is -2.15. The van der Waals surface area contributed by atoms with E-state index in [0.29, 0.717) is 6.07 Å². The lowest BCUT2D eigenvalue weighted by atomic mass is 10.2. The minimum absolute atomic E-state index is 0.708. The van der Waals surface area contributed by atoms with E-state index in [1.165, 1.54) is 0 Å². The molecule has 0 saturated heterocycles. The van der Waals surface area contributed by atoms with Gasteiger partial charge in [0, 0.05) is 0 Å². The standard InChI is InChI=1S/C7H7F2NO3S/c8-5-1-2-6(14(10,12)13)7(9)4(5)3-11/h1-2,11H,3H2,(H2,10,12,13). The van der Waals surface area contributed by atoms with Crippen LogP contribution in [0.4, 0.5) is 8.78 Å². The molecule has 0 aliphatic rings. The number of hydrogen-bond donors (Lipinski definition) is 2. The maximum Gasteiger partial charge on any atom is 0.240 e. The van der Waals surface area contributed by atoms with Crippen molar-refractivity contribution in [2.75, 3.05) is 0 Å². The summed E-state index contributed by atoms with van der Waals surface area (Å²) >= 11 is 0. The van der Waals surface area contributed by atoms with Gasteiger partial charge in [0.15, 0.2) is 5.82 Å². The van der Waals surface area contributed by atoms with E-state index in [4.69, 9.17) is 5.11 Å². The van der Waals surface area contributed by atoms with Gasteiger partial charge in [-0.15, -0.1) is 0 Å². The molecule has 0 bridgehead atoms. The molecule has 0 spiro atoms. The van der Waals surface area contributed by atoms with Gasteiger partial charge in [-0.1, -0.05) is 0 Å². The first kappa shape index (κ1) is 11.0. The Morgan fingerprint density at radius 3 is 2.36 bits per heavy atom. The smallest absolute Gasteiger partial charge is 0.240 e. The van der Waals surface area contributed by atoms with Gasteiger partial charge in [0.05, 0.1) is 12.2 Å². The molecule has 0 aromatic heterocycles. The number of benzene rings is 1. The van der Waals surface area contributed by atoms with Crippen molar-refractivity contribution in [3.05, 3.63) is 29.3 Å². The molecular weight excluding hydrogens is 216 g/mol. The fourth-order valence-electron chi connectivity index (χ4n) is 0.941. The van der Waals surface area contributed by atoms with Crippen molar-refractivity contribution >= 4 is 10.0 Å². The number of hydrogen-bond acceptors (Lipinski definition) is 3. The molecule has 4 nitrogen and oxygen atoms in total. The van der Waals surface area contributed by atoms with Crippen molar-refractivity contribution in [1.29, 1.82) is 0 Å². The van der Waals surface area contributed by atoms with Crippen LogP contribution in [-0.4, -0.2) is 13.5 Å². The third kappa shape index (κ3) is 1.89. The van der Waals surface area contributed by atoms with Crippen LogP contribution in [0.25, 0.3) is 0 Å². The van der Waals surface area contributed by atoms with Crippen LogP contribution in [0.5, 0.6) is 0 Å². The molecule has 0 aliphatic carbocycles. The van der Waals surface area contributed by atoms with Crippen molar-refractivity contribution in [2.45, 2.75) is 11.5 Å². The van der Waals surface area contributed by atoms with Gasteiger partial charge < -0.3 is 5.11 Å². The predicted octanol–water partition coefficient (Wildman–Crippen LogP) is 0.105. The number of sulfonamides is 1. The highest BCUT2D eigenvalue weighted by Gasteiger charge is 2.19. The van der Waals surface area contributed by atoms with Gasteiger partial charge in [-0.3, -0.25) is 0 Å². The number of halogens is 2. The minimum atomic E-state index is -4.24. The Kier molecular flexibility index (Phi) is 2.84. The van der Waals surface area contributed by atoms with Gasteiger partial charge in [-0.25, -0.2) is 22.3 Å². The molecule has 1 aromatic rings. The quantitative estimate of drug-likeness (QED) is 0.746. The number of nitrogens with two attached hydrogens (primary N) is 1. The van der Waals surface area contributed by atoms with Gasteiger partial charge >= 0.3 is 0 Å². The monoisotopic (exact) mass is 223 g/mol. The number of primary sulfonamides is 1. The Balaban J connectivity index is 3.52. The summed E-state index contributed by atoms with van der Waals surface area (Å²) in [7, 11) is -4.24. The van der Waals surface area contributed by atoms with E-state index in [2.05, 4.69) is 5.14 Å². The van der Waals surface area contributed by atoms with Crippen molar-refractivity contribution in [3.8, 4) is 0 Å². The summed E-state index contributed by atoms with van der Waals surface area (Å²) in [5.74, 6) is -2.37. The van der Waals surface area contributed by atoms with E-state index in [1.54, 1.807) is 0 Å². The van der Waals surface area contributed by atoms with Gasteiger partial charge in [-0.05, 0) is 12.1 Å². The molecule has 78 valence electrons. The molecule has 7 heteroatoms. The summed E-state index contributed by atoms with van der Waals surface area (Å²) in [4.78, 5) is -0.831. The lowest BCUT2D eigenvalue weighted by molar-refractivity contribution is 0.267. The molecule has 0 unspecified atom stereocenters. The molecule has 0 radical (unpaired) electrons. The molecule has 3 N–H and O–H groups in total. The zero-order chi connectivity index (χ0) is 10.9. The lowest BCUT2D eigenvalue weighted by Gasteiger charge is -2.05. The second-order valence-electron chi connectivity index (χ2n) is 2.54. The molecule has 0 saturated carbocycles. The average molecular weight is 223 g/mol. The van der Waals surface area contributed by atoms with Crippen molar-refractivity contribution in [1.82, 2.24) is 0 Å². The molecule has 0 aliphatic heterocycles. The maximum atomic E-state index is 13.2. The summed E-state index contributed by atoms with van der Waals surface area (Å²) in [6.45, 7) is -0.930. The van der Waals surface area contributed by atoms with Gasteiger partial charge in [0.1, 0.15) is 10.7 Å². The Hall–Kier alpha value is -1.05.